The van der Waals surface area contributed by atoms with E-state index in [2.05, 4.69) is 0 Å². The lowest BCUT2D eigenvalue weighted by atomic mass is 10.1. The van der Waals surface area contributed by atoms with Gasteiger partial charge in [-0.05, 0) is 35.7 Å². The average Bonchev–Trinajstić information content (AvgIpc) is 2.55. The Morgan fingerprint density at radius 2 is 1.35 bits per heavy atom. The molecule has 2 rings (SSSR count). The van der Waals surface area contributed by atoms with Gasteiger partial charge in [0.05, 0.1) is 0 Å². The summed E-state index contributed by atoms with van der Waals surface area (Å²) in [7, 11) is 0. The van der Waals surface area contributed by atoms with Crippen LogP contribution < -0.4 is 0 Å². The highest BCUT2D eigenvalue weighted by atomic mass is 35.5. The molecule has 0 aliphatic heterocycles. The van der Waals surface area contributed by atoms with Crippen LogP contribution >= 0.6 is 24.0 Å². The lowest BCUT2D eigenvalue weighted by molar-refractivity contribution is -0.178. The van der Waals surface area contributed by atoms with E-state index in [-0.39, 0.29) is 25.4 Å². The van der Waals surface area contributed by atoms with Crippen molar-refractivity contribution in [3.05, 3.63) is 71.8 Å². The summed E-state index contributed by atoms with van der Waals surface area (Å²) >= 11 is 5.15. The third kappa shape index (κ3) is 7.36. The Labute approximate surface area is 162 Å². The molecule has 0 N–H and O–H groups in total. The Kier molecular flexibility index (Phi) is 9.13. The van der Waals surface area contributed by atoms with E-state index in [1.807, 2.05) is 65.6 Å². The molecule has 0 saturated carbocycles. The van der Waals surface area contributed by atoms with Gasteiger partial charge < -0.3 is 0 Å². The molecule has 0 radical (unpaired) electrons. The van der Waals surface area contributed by atoms with E-state index >= 15 is 0 Å². The fraction of sp³-hybridized carbons (Fsp3) is 0.316. The van der Waals surface area contributed by atoms with Crippen molar-refractivity contribution in [3.63, 3.8) is 0 Å². The summed E-state index contributed by atoms with van der Waals surface area (Å²) in [5.41, 5.74) is 2.00. The maximum Gasteiger partial charge on any atom is 0.399 e. The molecule has 0 unspecified atom stereocenters. The number of halogens is 5. The smallest absolute Gasteiger partial charge is 0.295 e. The van der Waals surface area contributed by atoms with E-state index in [4.69, 9.17) is 11.6 Å². The molecule has 0 spiro atoms. The molecule has 2 aromatic carbocycles. The van der Waals surface area contributed by atoms with Crippen molar-refractivity contribution in [2.45, 2.75) is 25.7 Å². The lowest BCUT2D eigenvalue weighted by Gasteiger charge is -2.25. The molecule has 7 heteroatoms. The molecule has 0 aromatic heterocycles. The van der Waals surface area contributed by atoms with Gasteiger partial charge in [-0.2, -0.15) is 13.2 Å². The van der Waals surface area contributed by atoms with E-state index in [9.17, 15) is 18.0 Å². The van der Waals surface area contributed by atoms with Gasteiger partial charge in [-0.1, -0.05) is 60.7 Å². The zero-order chi connectivity index (χ0) is 18.3. The number of alkyl halides is 3. The monoisotopic (exact) mass is 405 g/mol. The third-order valence-electron chi connectivity index (χ3n) is 3.90. The summed E-state index contributed by atoms with van der Waals surface area (Å²) in [6.45, 7) is 1.11. The third-order valence-corrected chi connectivity index (χ3v) is 4.16. The summed E-state index contributed by atoms with van der Waals surface area (Å²) in [6.07, 6.45) is -4.98. The van der Waals surface area contributed by atoms with Crippen molar-refractivity contribution in [2.75, 3.05) is 6.54 Å². The fourth-order valence-electron chi connectivity index (χ4n) is 2.61. The first-order chi connectivity index (χ1) is 11.9. The molecule has 0 amide bonds. The summed E-state index contributed by atoms with van der Waals surface area (Å²) in [6, 6.07) is 19.0. The number of hydrogen-bond acceptors (Lipinski definition) is 2. The highest BCUT2D eigenvalue weighted by Crippen LogP contribution is 2.31. The zero-order valence-electron chi connectivity index (χ0n) is 14.0. The molecule has 1 atom stereocenters. The van der Waals surface area contributed by atoms with Crippen molar-refractivity contribution in [3.8, 4) is 0 Å². The van der Waals surface area contributed by atoms with Crippen LogP contribution in [0.3, 0.4) is 0 Å². The summed E-state index contributed by atoms with van der Waals surface area (Å²) in [4.78, 5) is 13.0. The first-order valence-electron chi connectivity index (χ1n) is 7.92. The van der Waals surface area contributed by atoms with E-state index < -0.39 is 17.3 Å². The van der Waals surface area contributed by atoms with Gasteiger partial charge in [0.2, 0.25) is 5.24 Å². The van der Waals surface area contributed by atoms with Gasteiger partial charge in [0.1, 0.15) is 5.92 Å². The Hall–Kier alpha value is -1.56. The highest BCUT2D eigenvalue weighted by molar-refractivity contribution is 6.64. The summed E-state index contributed by atoms with van der Waals surface area (Å²) < 4.78 is 38.9. The van der Waals surface area contributed by atoms with Crippen LogP contribution in [-0.4, -0.2) is 22.9 Å². The Balaban J connectivity index is 0.00000338. The van der Waals surface area contributed by atoms with Crippen LogP contribution in [0.5, 0.6) is 0 Å². The summed E-state index contributed by atoms with van der Waals surface area (Å²) in [5.74, 6) is -2.14. The normalized spacial score (nSPS) is 12.5. The number of rotatable bonds is 8. The quantitative estimate of drug-likeness (QED) is 0.544. The van der Waals surface area contributed by atoms with Crippen LogP contribution in [0.25, 0.3) is 0 Å². The van der Waals surface area contributed by atoms with Crippen molar-refractivity contribution in [2.24, 2.45) is 5.92 Å². The predicted octanol–water partition coefficient (Wildman–Crippen LogP) is 5.44. The average molecular weight is 406 g/mol. The first-order valence-corrected chi connectivity index (χ1v) is 8.30. The maximum atomic E-state index is 13.0. The number of carbonyl (C=O) groups is 1. The molecule has 26 heavy (non-hydrogen) atoms. The maximum absolute atomic E-state index is 13.0. The number of carbonyl (C=O) groups excluding carboxylic acids is 1. The molecule has 142 valence electrons. The lowest BCUT2D eigenvalue weighted by Crippen LogP contribution is -2.33. The molecular formula is C19H20Cl2F3NO. The number of hydrogen-bond donors (Lipinski definition) is 0. The van der Waals surface area contributed by atoms with Gasteiger partial charge in [-0.3, -0.25) is 9.69 Å². The Morgan fingerprint density at radius 3 is 1.69 bits per heavy atom. The number of nitrogens with zero attached hydrogens (tertiary/aromatic N) is 1. The summed E-state index contributed by atoms with van der Waals surface area (Å²) in [5, 5.41) is -1.35. The fourth-order valence-corrected chi connectivity index (χ4v) is 2.85. The zero-order valence-corrected chi connectivity index (χ0v) is 15.5. The SMILES string of the molecule is Cl.O=C(Cl)[C@H](CCN(Cc1ccccc1)Cc1ccccc1)C(F)(F)F. The minimum atomic E-state index is -4.62. The van der Waals surface area contributed by atoms with Crippen molar-refractivity contribution >= 4 is 29.3 Å². The topological polar surface area (TPSA) is 20.3 Å². The van der Waals surface area contributed by atoms with Gasteiger partial charge in [-0.15, -0.1) is 12.4 Å². The highest BCUT2D eigenvalue weighted by Gasteiger charge is 2.43. The predicted molar refractivity (Wildman–Crippen MR) is 99.3 cm³/mol. The molecule has 0 fully saturated rings. The van der Waals surface area contributed by atoms with Crippen LogP contribution in [0, 0.1) is 5.92 Å². The largest absolute Gasteiger partial charge is 0.399 e. The minimum absolute atomic E-state index is 0. The second-order valence-corrected chi connectivity index (χ2v) is 6.24. The molecule has 0 aliphatic carbocycles. The standard InChI is InChI=1S/C19H19ClF3NO.ClH/c20-18(25)17(19(21,22)23)11-12-24(13-15-7-3-1-4-8-15)14-16-9-5-2-6-10-16;/h1-10,17H,11-14H2;1H/t17-;/m0./s1. The number of benzene rings is 2. The minimum Gasteiger partial charge on any atom is -0.295 e. The van der Waals surface area contributed by atoms with Gasteiger partial charge in [-0.25, -0.2) is 0 Å². The molecular weight excluding hydrogens is 386 g/mol. The van der Waals surface area contributed by atoms with Gasteiger partial charge in [0, 0.05) is 13.1 Å². The van der Waals surface area contributed by atoms with Gasteiger partial charge in [0.15, 0.2) is 0 Å². The van der Waals surface area contributed by atoms with Crippen LogP contribution in [-0.2, 0) is 17.9 Å². The van der Waals surface area contributed by atoms with Crippen molar-refractivity contribution in [1.82, 2.24) is 4.90 Å². The van der Waals surface area contributed by atoms with Crippen molar-refractivity contribution < 1.29 is 18.0 Å². The van der Waals surface area contributed by atoms with E-state index in [1.54, 1.807) is 0 Å². The molecule has 0 heterocycles. The Bertz CT molecular complexity index is 624. The van der Waals surface area contributed by atoms with Crippen LogP contribution in [0.2, 0.25) is 0 Å². The molecule has 0 bridgehead atoms. The van der Waals surface area contributed by atoms with Crippen LogP contribution in [0.15, 0.2) is 60.7 Å². The molecule has 0 aliphatic rings. The molecule has 2 aromatic rings. The second kappa shape index (κ2) is 10.6. The molecule has 2 nitrogen and oxygen atoms in total. The molecule has 0 saturated heterocycles. The van der Waals surface area contributed by atoms with E-state index in [0.717, 1.165) is 11.1 Å². The van der Waals surface area contributed by atoms with Gasteiger partial charge in [0.25, 0.3) is 0 Å². The second-order valence-electron chi connectivity index (χ2n) is 5.87. The van der Waals surface area contributed by atoms with E-state index in [1.165, 1.54) is 0 Å². The van der Waals surface area contributed by atoms with Gasteiger partial charge >= 0.3 is 6.18 Å². The van der Waals surface area contributed by atoms with Crippen LogP contribution in [0.1, 0.15) is 17.5 Å². The first kappa shape index (κ1) is 22.5. The van der Waals surface area contributed by atoms with E-state index in [0.29, 0.717) is 13.1 Å². The van der Waals surface area contributed by atoms with Crippen molar-refractivity contribution in [1.29, 1.82) is 0 Å². The Morgan fingerprint density at radius 1 is 0.923 bits per heavy atom. The van der Waals surface area contributed by atoms with Crippen LogP contribution in [0.4, 0.5) is 13.2 Å².